The summed E-state index contributed by atoms with van der Waals surface area (Å²) in [6, 6.07) is 6.49. The highest BCUT2D eigenvalue weighted by molar-refractivity contribution is 7.12. The quantitative estimate of drug-likeness (QED) is 0.697. The minimum atomic E-state index is 0.545. The summed E-state index contributed by atoms with van der Waals surface area (Å²) < 4.78 is 0. The van der Waals surface area contributed by atoms with Gasteiger partial charge in [-0.1, -0.05) is 6.92 Å². The average molecular weight is 179 g/mol. The number of aryl methyl sites for hydroxylation is 1. The van der Waals surface area contributed by atoms with Crippen LogP contribution in [0.1, 0.15) is 35.4 Å². The topological polar surface area (TPSA) is 23.8 Å². The molecule has 0 aliphatic carbocycles. The summed E-state index contributed by atoms with van der Waals surface area (Å²) in [4.78, 5) is 2.76. The average Bonchev–Trinajstić information content (AvgIpc) is 2.47. The van der Waals surface area contributed by atoms with Crippen molar-refractivity contribution in [1.82, 2.24) is 0 Å². The van der Waals surface area contributed by atoms with Crippen molar-refractivity contribution >= 4 is 11.3 Å². The van der Waals surface area contributed by atoms with Gasteiger partial charge in [-0.3, -0.25) is 0 Å². The molecule has 12 heavy (non-hydrogen) atoms. The lowest BCUT2D eigenvalue weighted by atomic mass is 10.0. The van der Waals surface area contributed by atoms with Crippen molar-refractivity contribution in [2.24, 2.45) is 0 Å². The van der Waals surface area contributed by atoms with Gasteiger partial charge in [0.05, 0.1) is 6.07 Å². The minimum absolute atomic E-state index is 0.545. The van der Waals surface area contributed by atoms with E-state index in [1.807, 2.05) is 11.3 Å². The van der Waals surface area contributed by atoms with E-state index < -0.39 is 0 Å². The van der Waals surface area contributed by atoms with Gasteiger partial charge in [0.1, 0.15) is 0 Å². The van der Waals surface area contributed by atoms with Crippen LogP contribution in [0.3, 0.4) is 0 Å². The Balaban J connectivity index is 2.54. The van der Waals surface area contributed by atoms with Crippen molar-refractivity contribution in [3.8, 4) is 6.07 Å². The van der Waals surface area contributed by atoms with E-state index in [0.717, 1.165) is 6.42 Å². The number of thiophene rings is 1. The fraction of sp³-hybridized carbons (Fsp3) is 0.500. The molecule has 1 rings (SSSR count). The number of nitriles is 1. The van der Waals surface area contributed by atoms with Gasteiger partial charge in [0.2, 0.25) is 0 Å². The highest BCUT2D eigenvalue weighted by Crippen LogP contribution is 2.27. The van der Waals surface area contributed by atoms with Gasteiger partial charge in [-0.25, -0.2) is 0 Å². The first-order valence-corrected chi connectivity index (χ1v) is 4.99. The van der Waals surface area contributed by atoms with Crippen molar-refractivity contribution in [1.29, 1.82) is 5.26 Å². The standard InChI is InChI=1S/C10H13NS/c1-8(4-3-7-11)10-6-5-9(2)12-10/h5-6,8H,3-4H2,1-2H3. The largest absolute Gasteiger partial charge is 0.198 e. The van der Waals surface area contributed by atoms with E-state index in [4.69, 9.17) is 5.26 Å². The van der Waals surface area contributed by atoms with Gasteiger partial charge < -0.3 is 0 Å². The molecule has 0 bridgehead atoms. The molecule has 0 spiro atoms. The van der Waals surface area contributed by atoms with Gasteiger partial charge in [-0.2, -0.15) is 5.26 Å². The van der Waals surface area contributed by atoms with E-state index in [9.17, 15) is 0 Å². The van der Waals surface area contributed by atoms with E-state index in [2.05, 4.69) is 32.0 Å². The second kappa shape index (κ2) is 4.27. The maximum absolute atomic E-state index is 8.42. The molecule has 0 fully saturated rings. The zero-order chi connectivity index (χ0) is 8.97. The van der Waals surface area contributed by atoms with E-state index in [0.29, 0.717) is 12.3 Å². The van der Waals surface area contributed by atoms with Crippen molar-refractivity contribution in [3.63, 3.8) is 0 Å². The lowest BCUT2D eigenvalue weighted by molar-refractivity contribution is 0.707. The summed E-state index contributed by atoms with van der Waals surface area (Å²) in [5, 5.41) is 8.42. The molecule has 0 aliphatic heterocycles. The van der Waals surface area contributed by atoms with Crippen LogP contribution in [0.15, 0.2) is 12.1 Å². The second-order valence-electron chi connectivity index (χ2n) is 3.05. The summed E-state index contributed by atoms with van der Waals surface area (Å²) in [6.07, 6.45) is 1.65. The molecule has 1 aromatic heterocycles. The van der Waals surface area contributed by atoms with Crippen LogP contribution in [-0.4, -0.2) is 0 Å². The molecular formula is C10H13NS. The highest BCUT2D eigenvalue weighted by Gasteiger charge is 2.06. The molecule has 1 aromatic rings. The molecule has 2 heteroatoms. The van der Waals surface area contributed by atoms with Gasteiger partial charge in [-0.15, -0.1) is 11.3 Å². The summed E-state index contributed by atoms with van der Waals surface area (Å²) >= 11 is 1.84. The fourth-order valence-electron chi connectivity index (χ4n) is 1.14. The van der Waals surface area contributed by atoms with Crippen LogP contribution in [0, 0.1) is 18.3 Å². The SMILES string of the molecule is Cc1ccc(C(C)CCC#N)s1. The Morgan fingerprint density at radius 1 is 1.58 bits per heavy atom. The highest BCUT2D eigenvalue weighted by atomic mass is 32.1. The van der Waals surface area contributed by atoms with Gasteiger partial charge in [0.15, 0.2) is 0 Å². The Bertz CT molecular complexity index is 282. The van der Waals surface area contributed by atoms with E-state index >= 15 is 0 Å². The Morgan fingerprint density at radius 3 is 2.83 bits per heavy atom. The third-order valence-corrected chi connectivity index (χ3v) is 3.17. The van der Waals surface area contributed by atoms with E-state index in [1.165, 1.54) is 9.75 Å². The number of hydrogen-bond acceptors (Lipinski definition) is 2. The monoisotopic (exact) mass is 179 g/mol. The van der Waals surface area contributed by atoms with Gasteiger partial charge in [-0.05, 0) is 31.4 Å². The van der Waals surface area contributed by atoms with Gasteiger partial charge in [0, 0.05) is 16.2 Å². The smallest absolute Gasteiger partial charge is 0.0621 e. The Labute approximate surface area is 77.7 Å². The maximum Gasteiger partial charge on any atom is 0.0621 e. The summed E-state index contributed by atoms with van der Waals surface area (Å²) in [5.41, 5.74) is 0. The molecule has 0 aliphatic rings. The third kappa shape index (κ3) is 2.35. The van der Waals surface area contributed by atoms with Gasteiger partial charge in [0.25, 0.3) is 0 Å². The molecule has 0 aromatic carbocycles. The minimum Gasteiger partial charge on any atom is -0.198 e. The maximum atomic E-state index is 8.42. The summed E-state index contributed by atoms with van der Waals surface area (Å²) in [5.74, 6) is 0.545. The van der Waals surface area contributed by atoms with Crippen molar-refractivity contribution in [3.05, 3.63) is 21.9 Å². The van der Waals surface area contributed by atoms with Crippen LogP contribution in [0.4, 0.5) is 0 Å². The normalized spacial score (nSPS) is 12.4. The number of hydrogen-bond donors (Lipinski definition) is 0. The molecule has 0 saturated carbocycles. The molecular weight excluding hydrogens is 166 g/mol. The molecule has 0 N–H and O–H groups in total. The van der Waals surface area contributed by atoms with E-state index in [1.54, 1.807) is 0 Å². The van der Waals surface area contributed by atoms with E-state index in [-0.39, 0.29) is 0 Å². The Morgan fingerprint density at radius 2 is 2.33 bits per heavy atom. The molecule has 1 unspecified atom stereocenters. The zero-order valence-electron chi connectivity index (χ0n) is 7.50. The fourth-order valence-corrected chi connectivity index (χ4v) is 2.10. The second-order valence-corrected chi connectivity index (χ2v) is 4.37. The lowest BCUT2D eigenvalue weighted by Gasteiger charge is -2.04. The van der Waals surface area contributed by atoms with Crippen molar-refractivity contribution in [2.75, 3.05) is 0 Å². The molecule has 1 nitrogen and oxygen atoms in total. The van der Waals surface area contributed by atoms with Crippen molar-refractivity contribution < 1.29 is 0 Å². The lowest BCUT2D eigenvalue weighted by Crippen LogP contribution is -1.88. The predicted molar refractivity (Wildman–Crippen MR) is 52.3 cm³/mol. The number of nitrogens with zero attached hydrogens (tertiary/aromatic N) is 1. The van der Waals surface area contributed by atoms with Crippen LogP contribution in [0.2, 0.25) is 0 Å². The molecule has 0 saturated heterocycles. The first kappa shape index (κ1) is 9.28. The molecule has 1 atom stereocenters. The first-order valence-electron chi connectivity index (χ1n) is 4.17. The Kier molecular flexibility index (Phi) is 3.31. The molecule has 0 radical (unpaired) electrons. The van der Waals surface area contributed by atoms with Crippen LogP contribution in [0.25, 0.3) is 0 Å². The summed E-state index contributed by atoms with van der Waals surface area (Å²) in [6.45, 7) is 4.30. The first-order chi connectivity index (χ1) is 5.74. The molecule has 64 valence electrons. The molecule has 0 amide bonds. The third-order valence-electron chi connectivity index (χ3n) is 1.94. The zero-order valence-corrected chi connectivity index (χ0v) is 8.32. The van der Waals surface area contributed by atoms with Crippen LogP contribution in [0.5, 0.6) is 0 Å². The summed E-state index contributed by atoms with van der Waals surface area (Å²) in [7, 11) is 0. The number of rotatable bonds is 3. The van der Waals surface area contributed by atoms with Crippen LogP contribution in [-0.2, 0) is 0 Å². The van der Waals surface area contributed by atoms with Crippen LogP contribution >= 0.6 is 11.3 Å². The predicted octanol–water partition coefficient (Wildman–Crippen LogP) is 3.46. The Hall–Kier alpha value is -0.810. The van der Waals surface area contributed by atoms with Gasteiger partial charge >= 0.3 is 0 Å². The van der Waals surface area contributed by atoms with Crippen molar-refractivity contribution in [2.45, 2.75) is 32.6 Å². The van der Waals surface area contributed by atoms with Crippen LogP contribution < -0.4 is 0 Å². The molecule has 1 heterocycles.